The molecule has 0 saturated carbocycles. The van der Waals surface area contributed by atoms with Crippen molar-refractivity contribution in [1.82, 2.24) is 29.8 Å². The van der Waals surface area contributed by atoms with E-state index < -0.39 is 0 Å². The first-order valence-electron chi connectivity index (χ1n) is 7.26. The van der Waals surface area contributed by atoms with Crippen molar-refractivity contribution in [3.63, 3.8) is 0 Å². The Balaban J connectivity index is 1.80. The van der Waals surface area contributed by atoms with Gasteiger partial charge in [-0.15, -0.1) is 15.3 Å². The lowest BCUT2D eigenvalue weighted by Crippen LogP contribution is -1.98. The van der Waals surface area contributed by atoms with Gasteiger partial charge in [0, 0.05) is 17.4 Å². The average molecular weight is 305 g/mol. The number of fused-ring (bicyclic) bond motifs is 1. The number of pyridine rings is 1. The zero-order valence-corrected chi connectivity index (χ0v) is 12.8. The fourth-order valence-electron chi connectivity index (χ4n) is 2.80. The van der Waals surface area contributed by atoms with E-state index in [-0.39, 0.29) is 0 Å². The molecule has 0 aliphatic heterocycles. The highest BCUT2D eigenvalue weighted by Gasteiger charge is 2.14. The number of aromatic nitrogens is 6. The molecule has 4 rings (SSSR count). The Morgan fingerprint density at radius 3 is 2.65 bits per heavy atom. The van der Waals surface area contributed by atoms with Crippen molar-refractivity contribution in [1.29, 1.82) is 0 Å². The zero-order chi connectivity index (χ0) is 15.8. The number of hydrogen-bond donors (Lipinski definition) is 2. The third-order valence-electron chi connectivity index (χ3n) is 3.74. The number of anilines is 2. The molecule has 0 atom stereocenters. The highest BCUT2D eigenvalue weighted by Crippen LogP contribution is 2.29. The topological polar surface area (TPSA) is 83.8 Å². The molecule has 0 unspecified atom stereocenters. The van der Waals surface area contributed by atoms with Crippen LogP contribution in [0.25, 0.3) is 17.0 Å². The fraction of sp³-hybridized carbons (Fsp3) is 0.125. The molecule has 0 amide bonds. The van der Waals surface area contributed by atoms with Crippen LogP contribution in [0.5, 0.6) is 0 Å². The van der Waals surface area contributed by atoms with Crippen molar-refractivity contribution in [2.24, 2.45) is 0 Å². The summed E-state index contributed by atoms with van der Waals surface area (Å²) in [6, 6.07) is 9.99. The lowest BCUT2D eigenvalue weighted by molar-refractivity contribution is 1.09. The zero-order valence-electron chi connectivity index (χ0n) is 12.8. The van der Waals surface area contributed by atoms with Gasteiger partial charge in [-0.05, 0) is 49.2 Å². The summed E-state index contributed by atoms with van der Waals surface area (Å²) in [6.07, 6.45) is 3.52. The Morgan fingerprint density at radius 2 is 1.91 bits per heavy atom. The van der Waals surface area contributed by atoms with Crippen LogP contribution >= 0.6 is 0 Å². The molecule has 0 aliphatic rings. The quantitative estimate of drug-likeness (QED) is 0.608. The lowest BCUT2D eigenvalue weighted by Gasteiger charge is -2.11. The van der Waals surface area contributed by atoms with Gasteiger partial charge >= 0.3 is 0 Å². The molecular weight excluding hydrogens is 290 g/mol. The van der Waals surface area contributed by atoms with E-state index in [4.69, 9.17) is 0 Å². The Hall–Kier alpha value is -3.22. The minimum Gasteiger partial charge on any atom is -0.323 e. The fourth-order valence-corrected chi connectivity index (χ4v) is 2.80. The van der Waals surface area contributed by atoms with Gasteiger partial charge in [0.1, 0.15) is 6.33 Å². The first kappa shape index (κ1) is 13.4. The molecule has 2 N–H and O–H groups in total. The maximum atomic E-state index is 4.36. The van der Waals surface area contributed by atoms with Crippen LogP contribution in [0.3, 0.4) is 0 Å². The van der Waals surface area contributed by atoms with Crippen LogP contribution in [0.15, 0.2) is 42.9 Å². The normalized spacial score (nSPS) is 11.0. The number of nitrogens with one attached hydrogen (secondary N) is 2. The molecule has 3 heterocycles. The van der Waals surface area contributed by atoms with Gasteiger partial charge in [-0.2, -0.15) is 0 Å². The summed E-state index contributed by atoms with van der Waals surface area (Å²) in [4.78, 5) is 4.08. The van der Waals surface area contributed by atoms with Crippen molar-refractivity contribution in [3.05, 3.63) is 54.0 Å². The predicted molar refractivity (Wildman–Crippen MR) is 87.6 cm³/mol. The van der Waals surface area contributed by atoms with E-state index in [1.165, 1.54) is 0 Å². The molecule has 3 aromatic heterocycles. The number of nitrogens with zero attached hydrogens (tertiary/aromatic N) is 5. The minimum atomic E-state index is 0.546. The van der Waals surface area contributed by atoms with E-state index >= 15 is 0 Å². The van der Waals surface area contributed by atoms with Crippen molar-refractivity contribution >= 4 is 17.3 Å². The van der Waals surface area contributed by atoms with Gasteiger partial charge in [-0.1, -0.05) is 6.07 Å². The van der Waals surface area contributed by atoms with Crippen LogP contribution in [0.1, 0.15) is 11.1 Å². The molecule has 0 radical (unpaired) electrons. The standard InChI is InChI=1S/C16H15N7/c1-10-7-12(19-16-17-9-18-22-16)8-11(2)14(10)15-21-20-13-5-3-4-6-23(13)15/h3-9H,1-2H3,(H2,17,18,19,22). The third kappa shape index (κ3) is 2.32. The molecule has 23 heavy (non-hydrogen) atoms. The van der Waals surface area contributed by atoms with Crippen LogP contribution in [0, 0.1) is 13.8 Å². The summed E-state index contributed by atoms with van der Waals surface area (Å²) in [5.74, 6) is 1.39. The van der Waals surface area contributed by atoms with Gasteiger partial charge in [-0.25, -0.2) is 4.98 Å². The monoisotopic (exact) mass is 305 g/mol. The largest absolute Gasteiger partial charge is 0.323 e. The molecule has 0 aliphatic carbocycles. The Bertz CT molecular complexity index is 946. The highest BCUT2D eigenvalue weighted by atomic mass is 15.3. The van der Waals surface area contributed by atoms with E-state index in [0.717, 1.165) is 33.8 Å². The summed E-state index contributed by atoms with van der Waals surface area (Å²) >= 11 is 0. The molecule has 114 valence electrons. The Kier molecular flexibility index (Phi) is 3.04. The number of H-pyrrole nitrogens is 1. The minimum absolute atomic E-state index is 0.546. The SMILES string of the molecule is Cc1cc(Nc2nc[nH]n2)cc(C)c1-c1nnc2ccccn12. The van der Waals surface area contributed by atoms with Crippen LogP contribution in [0.4, 0.5) is 11.6 Å². The van der Waals surface area contributed by atoms with E-state index in [0.29, 0.717) is 5.95 Å². The summed E-state index contributed by atoms with van der Waals surface area (Å²) in [5, 5.41) is 18.5. The van der Waals surface area contributed by atoms with Gasteiger partial charge in [0.05, 0.1) is 0 Å². The summed E-state index contributed by atoms with van der Waals surface area (Å²) < 4.78 is 2.00. The molecule has 0 spiro atoms. The van der Waals surface area contributed by atoms with E-state index in [2.05, 4.69) is 56.7 Å². The maximum Gasteiger partial charge on any atom is 0.246 e. The first-order chi connectivity index (χ1) is 11.2. The second-order valence-electron chi connectivity index (χ2n) is 5.39. The van der Waals surface area contributed by atoms with E-state index in [1.54, 1.807) is 6.33 Å². The van der Waals surface area contributed by atoms with Crippen LogP contribution in [-0.4, -0.2) is 29.8 Å². The van der Waals surface area contributed by atoms with Crippen molar-refractivity contribution < 1.29 is 0 Å². The lowest BCUT2D eigenvalue weighted by atomic mass is 10.0. The average Bonchev–Trinajstić information content (AvgIpc) is 3.17. The Morgan fingerprint density at radius 1 is 1.09 bits per heavy atom. The molecule has 0 bridgehead atoms. The van der Waals surface area contributed by atoms with E-state index in [9.17, 15) is 0 Å². The third-order valence-corrected chi connectivity index (χ3v) is 3.74. The highest BCUT2D eigenvalue weighted by molar-refractivity contribution is 5.72. The molecule has 0 saturated heterocycles. The second kappa shape index (κ2) is 5.20. The van der Waals surface area contributed by atoms with Crippen LogP contribution < -0.4 is 5.32 Å². The van der Waals surface area contributed by atoms with Crippen molar-refractivity contribution in [3.8, 4) is 11.4 Å². The van der Waals surface area contributed by atoms with E-state index in [1.807, 2.05) is 28.8 Å². The predicted octanol–water partition coefficient (Wildman–Crippen LogP) is 2.87. The molecule has 4 aromatic rings. The van der Waals surface area contributed by atoms with Crippen LogP contribution in [-0.2, 0) is 0 Å². The summed E-state index contributed by atoms with van der Waals surface area (Å²) in [7, 11) is 0. The molecule has 0 fully saturated rings. The van der Waals surface area contributed by atoms with Gasteiger partial charge in [0.15, 0.2) is 11.5 Å². The maximum absolute atomic E-state index is 4.36. The van der Waals surface area contributed by atoms with Gasteiger partial charge < -0.3 is 5.32 Å². The van der Waals surface area contributed by atoms with Crippen LogP contribution in [0.2, 0.25) is 0 Å². The molecule has 7 nitrogen and oxygen atoms in total. The van der Waals surface area contributed by atoms with Crippen molar-refractivity contribution in [2.75, 3.05) is 5.32 Å². The second-order valence-corrected chi connectivity index (χ2v) is 5.39. The first-order valence-corrected chi connectivity index (χ1v) is 7.26. The number of aryl methyl sites for hydroxylation is 2. The number of aromatic amines is 1. The van der Waals surface area contributed by atoms with Crippen molar-refractivity contribution in [2.45, 2.75) is 13.8 Å². The van der Waals surface area contributed by atoms with Gasteiger partial charge in [0.2, 0.25) is 5.95 Å². The van der Waals surface area contributed by atoms with Gasteiger partial charge in [-0.3, -0.25) is 9.50 Å². The number of hydrogen-bond acceptors (Lipinski definition) is 5. The molecule has 1 aromatic carbocycles. The molecule has 7 heteroatoms. The van der Waals surface area contributed by atoms with Gasteiger partial charge in [0.25, 0.3) is 0 Å². The molecular formula is C16H15N7. The number of benzene rings is 1. The summed E-state index contributed by atoms with van der Waals surface area (Å²) in [6.45, 7) is 4.13. The number of rotatable bonds is 3. The summed E-state index contributed by atoms with van der Waals surface area (Å²) in [5.41, 5.74) is 5.09. The smallest absolute Gasteiger partial charge is 0.246 e. The Labute approximate surface area is 132 Å².